The normalized spacial score (nSPS) is 10.9. The summed E-state index contributed by atoms with van der Waals surface area (Å²) in [5.74, 6) is 2.19. The lowest BCUT2D eigenvalue weighted by atomic mass is 10.2. The Kier molecular flexibility index (Phi) is 3.71. The van der Waals surface area contributed by atoms with E-state index in [4.69, 9.17) is 10.2 Å². The summed E-state index contributed by atoms with van der Waals surface area (Å²) >= 11 is 0. The van der Waals surface area contributed by atoms with Crippen molar-refractivity contribution in [3.63, 3.8) is 0 Å². The molecule has 0 bridgehead atoms. The highest BCUT2D eigenvalue weighted by Crippen LogP contribution is 2.20. The Morgan fingerprint density at radius 3 is 2.72 bits per heavy atom. The zero-order valence-corrected chi connectivity index (χ0v) is 13.7. The van der Waals surface area contributed by atoms with E-state index in [1.165, 1.54) is 0 Å². The van der Waals surface area contributed by atoms with E-state index >= 15 is 0 Å². The molecule has 4 rings (SSSR count). The second kappa shape index (κ2) is 6.17. The Morgan fingerprint density at radius 2 is 1.96 bits per heavy atom. The monoisotopic (exact) mass is 329 g/mol. The molecule has 0 aliphatic rings. The predicted octanol–water partition coefficient (Wildman–Crippen LogP) is 2.63. The summed E-state index contributed by atoms with van der Waals surface area (Å²) in [5, 5.41) is 9.09. The van der Waals surface area contributed by atoms with Crippen LogP contribution in [-0.2, 0) is 13.1 Å². The van der Waals surface area contributed by atoms with Gasteiger partial charge in [0.2, 0.25) is 0 Å². The van der Waals surface area contributed by atoms with Crippen LogP contribution in [0, 0.1) is 11.3 Å². The van der Waals surface area contributed by atoms with Gasteiger partial charge < -0.3 is 9.13 Å². The molecular weight excluding hydrogens is 314 g/mol. The van der Waals surface area contributed by atoms with Crippen molar-refractivity contribution < 1.29 is 0 Å². The predicted molar refractivity (Wildman–Crippen MR) is 92.5 cm³/mol. The summed E-state index contributed by atoms with van der Waals surface area (Å²) in [7, 11) is 0. The topological polar surface area (TPSA) is 85.2 Å². The van der Waals surface area contributed by atoms with Crippen LogP contribution < -0.4 is 0 Å². The fraction of sp³-hybridized carbons (Fsp3) is 0.167. The Labute approximate surface area is 144 Å². The van der Waals surface area contributed by atoms with Gasteiger partial charge in [0.15, 0.2) is 11.6 Å². The van der Waals surface area contributed by atoms with Crippen molar-refractivity contribution in [2.24, 2.45) is 0 Å². The third-order valence-electron chi connectivity index (χ3n) is 4.07. The van der Waals surface area contributed by atoms with E-state index in [9.17, 15) is 0 Å². The Hall–Kier alpha value is -3.53. The van der Waals surface area contributed by atoms with Crippen molar-refractivity contribution in [2.45, 2.75) is 20.0 Å². The van der Waals surface area contributed by atoms with E-state index in [0.29, 0.717) is 23.8 Å². The van der Waals surface area contributed by atoms with Gasteiger partial charge in [-0.25, -0.2) is 19.9 Å². The highest BCUT2D eigenvalue weighted by Gasteiger charge is 2.14. The highest BCUT2D eigenvalue weighted by molar-refractivity contribution is 5.77. The molecule has 4 aromatic rings. The molecule has 0 N–H and O–H groups in total. The van der Waals surface area contributed by atoms with Crippen molar-refractivity contribution in [1.82, 2.24) is 29.1 Å². The van der Waals surface area contributed by atoms with E-state index in [1.807, 2.05) is 29.0 Å². The molecule has 7 heteroatoms. The van der Waals surface area contributed by atoms with Crippen LogP contribution in [0.4, 0.5) is 0 Å². The number of hydrogen-bond donors (Lipinski definition) is 0. The van der Waals surface area contributed by atoms with Crippen molar-refractivity contribution in [3.8, 4) is 17.7 Å². The number of fused-ring (bicyclic) bond motifs is 1. The van der Waals surface area contributed by atoms with E-state index in [0.717, 1.165) is 23.4 Å². The van der Waals surface area contributed by atoms with E-state index in [1.54, 1.807) is 24.7 Å². The molecule has 25 heavy (non-hydrogen) atoms. The Morgan fingerprint density at radius 1 is 1.12 bits per heavy atom. The zero-order chi connectivity index (χ0) is 17.2. The van der Waals surface area contributed by atoms with Crippen LogP contribution in [0.2, 0.25) is 0 Å². The summed E-state index contributed by atoms with van der Waals surface area (Å²) in [6, 6.07) is 9.53. The maximum Gasteiger partial charge on any atom is 0.195 e. The number of nitrogens with zero attached hydrogens (tertiary/aromatic N) is 7. The molecule has 0 unspecified atom stereocenters. The molecule has 0 saturated carbocycles. The van der Waals surface area contributed by atoms with E-state index in [2.05, 4.69) is 32.5 Å². The van der Waals surface area contributed by atoms with Gasteiger partial charge in [-0.1, -0.05) is 0 Å². The smallest absolute Gasteiger partial charge is 0.195 e. The quantitative estimate of drug-likeness (QED) is 0.574. The molecule has 0 aliphatic heterocycles. The van der Waals surface area contributed by atoms with Gasteiger partial charge in [-0.15, -0.1) is 0 Å². The molecule has 0 spiro atoms. The lowest BCUT2D eigenvalue weighted by molar-refractivity contribution is 0.665. The first-order chi connectivity index (χ1) is 12.3. The van der Waals surface area contributed by atoms with Crippen molar-refractivity contribution in [2.75, 3.05) is 0 Å². The Bertz CT molecular complexity index is 1070. The summed E-state index contributed by atoms with van der Waals surface area (Å²) < 4.78 is 4.13. The molecule has 7 nitrogen and oxygen atoms in total. The van der Waals surface area contributed by atoms with Gasteiger partial charge >= 0.3 is 0 Å². The van der Waals surface area contributed by atoms with Crippen LogP contribution >= 0.6 is 0 Å². The maximum atomic E-state index is 9.09. The standard InChI is InChI=1S/C18H15N7/c1-2-25-15-5-4-13(11-19)10-14(15)23-16(25)12-24-9-8-22-18(24)17-20-6-3-7-21-17/h3-10H,2,12H2,1H3. The van der Waals surface area contributed by atoms with Gasteiger partial charge in [0.1, 0.15) is 5.82 Å². The summed E-state index contributed by atoms with van der Waals surface area (Å²) in [6.07, 6.45) is 7.03. The third kappa shape index (κ3) is 2.64. The second-order valence-electron chi connectivity index (χ2n) is 5.54. The van der Waals surface area contributed by atoms with Crippen LogP contribution in [0.1, 0.15) is 18.3 Å². The number of aryl methyl sites for hydroxylation is 1. The van der Waals surface area contributed by atoms with Crippen molar-refractivity contribution in [1.29, 1.82) is 5.26 Å². The first kappa shape index (κ1) is 15.0. The maximum absolute atomic E-state index is 9.09. The Balaban J connectivity index is 1.77. The molecule has 0 amide bonds. The van der Waals surface area contributed by atoms with Crippen LogP contribution in [-0.4, -0.2) is 29.1 Å². The minimum atomic E-state index is 0.554. The van der Waals surface area contributed by atoms with Gasteiger partial charge in [0, 0.05) is 31.3 Å². The van der Waals surface area contributed by atoms with Gasteiger partial charge in [-0.05, 0) is 31.2 Å². The van der Waals surface area contributed by atoms with Crippen LogP contribution in [0.5, 0.6) is 0 Å². The van der Waals surface area contributed by atoms with Crippen LogP contribution in [0.15, 0.2) is 49.1 Å². The number of rotatable bonds is 4. The molecule has 3 aromatic heterocycles. The van der Waals surface area contributed by atoms with Crippen LogP contribution in [0.3, 0.4) is 0 Å². The SMILES string of the molecule is CCn1c(Cn2ccnc2-c2ncccn2)nc2cc(C#N)ccc21. The molecule has 0 radical (unpaired) electrons. The molecular formula is C18H15N7. The first-order valence-electron chi connectivity index (χ1n) is 7.98. The summed E-state index contributed by atoms with van der Waals surface area (Å²) in [5.41, 5.74) is 2.46. The highest BCUT2D eigenvalue weighted by atomic mass is 15.2. The third-order valence-corrected chi connectivity index (χ3v) is 4.07. The van der Waals surface area contributed by atoms with Crippen molar-refractivity contribution >= 4 is 11.0 Å². The number of benzene rings is 1. The molecule has 0 fully saturated rings. The second-order valence-corrected chi connectivity index (χ2v) is 5.54. The minimum Gasteiger partial charge on any atom is -0.327 e. The molecule has 0 atom stereocenters. The molecule has 0 saturated heterocycles. The van der Waals surface area contributed by atoms with E-state index in [-0.39, 0.29) is 0 Å². The van der Waals surface area contributed by atoms with Gasteiger partial charge in [0.05, 0.1) is 29.2 Å². The average Bonchev–Trinajstić information content (AvgIpc) is 3.25. The lowest BCUT2D eigenvalue weighted by Crippen LogP contribution is -2.09. The first-order valence-corrected chi connectivity index (χ1v) is 7.98. The molecule has 3 heterocycles. The molecule has 122 valence electrons. The van der Waals surface area contributed by atoms with E-state index < -0.39 is 0 Å². The number of aromatic nitrogens is 6. The molecule has 1 aromatic carbocycles. The van der Waals surface area contributed by atoms with Gasteiger partial charge in [0.25, 0.3) is 0 Å². The van der Waals surface area contributed by atoms with Crippen molar-refractivity contribution in [3.05, 3.63) is 60.4 Å². The minimum absolute atomic E-state index is 0.554. The number of imidazole rings is 2. The summed E-state index contributed by atoms with van der Waals surface area (Å²) in [6.45, 7) is 3.43. The van der Waals surface area contributed by atoms with Gasteiger partial charge in [-0.2, -0.15) is 5.26 Å². The average molecular weight is 329 g/mol. The largest absolute Gasteiger partial charge is 0.327 e. The zero-order valence-electron chi connectivity index (χ0n) is 13.7. The molecule has 0 aliphatic carbocycles. The fourth-order valence-electron chi connectivity index (χ4n) is 2.93. The van der Waals surface area contributed by atoms with Crippen LogP contribution in [0.25, 0.3) is 22.7 Å². The summed E-state index contributed by atoms with van der Waals surface area (Å²) in [4.78, 5) is 17.6. The number of nitriles is 1. The fourth-order valence-corrected chi connectivity index (χ4v) is 2.93. The number of hydrogen-bond acceptors (Lipinski definition) is 5. The van der Waals surface area contributed by atoms with Gasteiger partial charge in [-0.3, -0.25) is 0 Å². The lowest BCUT2D eigenvalue weighted by Gasteiger charge is -2.09.